The Bertz CT molecular complexity index is 451. The molecule has 0 unspecified atom stereocenters. The van der Waals surface area contributed by atoms with Crippen LogP contribution < -0.4 is 5.32 Å². The Morgan fingerprint density at radius 1 is 1.30 bits per heavy atom. The van der Waals surface area contributed by atoms with Crippen LogP contribution in [0.3, 0.4) is 0 Å². The predicted molar refractivity (Wildman–Crippen MR) is 83.4 cm³/mol. The molecule has 1 saturated heterocycles. The third-order valence-corrected chi connectivity index (χ3v) is 4.51. The lowest BCUT2D eigenvalue weighted by atomic mass is 10.0. The Labute approximate surface area is 130 Å². The predicted octanol–water partition coefficient (Wildman–Crippen LogP) is 3.14. The minimum atomic E-state index is -0.00468. The molecule has 0 atom stereocenters. The van der Waals surface area contributed by atoms with Gasteiger partial charge in [0.05, 0.1) is 6.42 Å². The van der Waals surface area contributed by atoms with Gasteiger partial charge in [-0.3, -0.25) is 4.79 Å². The molecule has 2 rings (SSSR count). The fraction of sp³-hybridized carbons (Fsp3) is 0.533. The van der Waals surface area contributed by atoms with Crippen LogP contribution in [0.4, 0.5) is 0 Å². The monoisotopic (exact) mass is 314 g/mol. The molecule has 0 saturated carbocycles. The Hall–Kier alpha value is -0.770. The molecule has 1 heterocycles. The van der Waals surface area contributed by atoms with Crippen LogP contribution in [-0.2, 0) is 11.2 Å². The second kappa shape index (κ2) is 7.30. The normalized spacial score (nSPS) is 17.1. The zero-order chi connectivity index (χ0) is 14.5. The van der Waals surface area contributed by atoms with Crippen molar-refractivity contribution in [1.82, 2.24) is 10.2 Å². The van der Waals surface area contributed by atoms with Gasteiger partial charge in [0.15, 0.2) is 0 Å². The molecular formula is C15H20Cl2N2O. The maximum Gasteiger partial charge on any atom is 0.224 e. The van der Waals surface area contributed by atoms with Gasteiger partial charge in [0.1, 0.15) is 0 Å². The molecule has 0 aliphatic carbocycles. The van der Waals surface area contributed by atoms with E-state index in [0.29, 0.717) is 15.6 Å². The standard InChI is InChI=1S/C15H20Cl2N2O/c1-2-19-8-6-11(7-9-19)18-15(20)10-12-13(16)4-3-5-14(12)17/h3-5,11H,2,6-10H2,1H3,(H,18,20). The molecular weight excluding hydrogens is 295 g/mol. The number of benzene rings is 1. The van der Waals surface area contributed by atoms with Gasteiger partial charge >= 0.3 is 0 Å². The number of nitrogens with one attached hydrogen (secondary N) is 1. The Morgan fingerprint density at radius 2 is 1.90 bits per heavy atom. The van der Waals surface area contributed by atoms with Gasteiger partial charge in [0.25, 0.3) is 0 Å². The van der Waals surface area contributed by atoms with Crippen molar-refractivity contribution in [1.29, 1.82) is 0 Å². The highest BCUT2D eigenvalue weighted by Crippen LogP contribution is 2.24. The third-order valence-electron chi connectivity index (χ3n) is 3.80. The molecule has 1 amide bonds. The fourth-order valence-corrected chi connectivity index (χ4v) is 3.07. The molecule has 1 N–H and O–H groups in total. The maximum absolute atomic E-state index is 12.1. The molecule has 20 heavy (non-hydrogen) atoms. The van der Waals surface area contributed by atoms with Crippen molar-refractivity contribution in [3.05, 3.63) is 33.8 Å². The van der Waals surface area contributed by atoms with E-state index in [4.69, 9.17) is 23.2 Å². The van der Waals surface area contributed by atoms with Gasteiger partial charge in [-0.2, -0.15) is 0 Å². The number of likely N-dealkylation sites (tertiary alicyclic amines) is 1. The second-order valence-electron chi connectivity index (χ2n) is 5.15. The van der Waals surface area contributed by atoms with Crippen LogP contribution in [-0.4, -0.2) is 36.5 Å². The van der Waals surface area contributed by atoms with E-state index in [2.05, 4.69) is 17.1 Å². The van der Waals surface area contributed by atoms with E-state index in [-0.39, 0.29) is 18.4 Å². The highest BCUT2D eigenvalue weighted by atomic mass is 35.5. The van der Waals surface area contributed by atoms with Gasteiger partial charge < -0.3 is 10.2 Å². The lowest BCUT2D eigenvalue weighted by Crippen LogP contribution is -2.44. The van der Waals surface area contributed by atoms with Crippen molar-refractivity contribution in [3.63, 3.8) is 0 Å². The van der Waals surface area contributed by atoms with Crippen LogP contribution in [0.5, 0.6) is 0 Å². The molecule has 1 aliphatic heterocycles. The Kier molecular flexibility index (Phi) is 5.70. The van der Waals surface area contributed by atoms with Crippen LogP contribution >= 0.6 is 23.2 Å². The number of rotatable bonds is 4. The third kappa shape index (κ3) is 4.11. The number of carbonyl (C=O) groups excluding carboxylic acids is 1. The molecule has 0 aromatic heterocycles. The van der Waals surface area contributed by atoms with Gasteiger partial charge in [-0.1, -0.05) is 36.2 Å². The average molecular weight is 315 g/mol. The first-order valence-electron chi connectivity index (χ1n) is 7.04. The van der Waals surface area contributed by atoms with Crippen LogP contribution in [0.25, 0.3) is 0 Å². The summed E-state index contributed by atoms with van der Waals surface area (Å²) in [4.78, 5) is 14.5. The smallest absolute Gasteiger partial charge is 0.224 e. The van der Waals surface area contributed by atoms with Crippen LogP contribution in [0.2, 0.25) is 10.0 Å². The van der Waals surface area contributed by atoms with Crippen molar-refractivity contribution >= 4 is 29.1 Å². The highest BCUT2D eigenvalue weighted by Gasteiger charge is 2.20. The summed E-state index contributed by atoms with van der Waals surface area (Å²) < 4.78 is 0. The summed E-state index contributed by atoms with van der Waals surface area (Å²) in [6, 6.07) is 5.57. The van der Waals surface area contributed by atoms with E-state index >= 15 is 0 Å². The number of piperidine rings is 1. The van der Waals surface area contributed by atoms with Crippen molar-refractivity contribution in [3.8, 4) is 0 Å². The van der Waals surface area contributed by atoms with E-state index in [0.717, 1.165) is 32.5 Å². The van der Waals surface area contributed by atoms with Gasteiger partial charge in [-0.25, -0.2) is 0 Å². The van der Waals surface area contributed by atoms with Gasteiger partial charge in [0.2, 0.25) is 5.91 Å². The van der Waals surface area contributed by atoms with Crippen LogP contribution in [0.15, 0.2) is 18.2 Å². The maximum atomic E-state index is 12.1. The molecule has 0 spiro atoms. The first-order chi connectivity index (χ1) is 9.60. The number of hydrogen-bond donors (Lipinski definition) is 1. The topological polar surface area (TPSA) is 32.3 Å². The number of amides is 1. The molecule has 1 fully saturated rings. The van der Waals surface area contributed by atoms with E-state index in [1.807, 2.05) is 0 Å². The lowest BCUT2D eigenvalue weighted by Gasteiger charge is -2.31. The summed E-state index contributed by atoms with van der Waals surface area (Å²) in [5.41, 5.74) is 0.708. The SMILES string of the molecule is CCN1CCC(NC(=O)Cc2c(Cl)cccc2Cl)CC1. The van der Waals surface area contributed by atoms with E-state index < -0.39 is 0 Å². The van der Waals surface area contributed by atoms with Crippen molar-refractivity contribution in [2.45, 2.75) is 32.2 Å². The van der Waals surface area contributed by atoms with E-state index in [1.165, 1.54) is 0 Å². The lowest BCUT2D eigenvalue weighted by molar-refractivity contribution is -0.121. The zero-order valence-corrected chi connectivity index (χ0v) is 13.2. The molecule has 0 bridgehead atoms. The van der Waals surface area contributed by atoms with Crippen LogP contribution in [0, 0.1) is 0 Å². The molecule has 0 radical (unpaired) electrons. The summed E-state index contributed by atoms with van der Waals surface area (Å²) in [6.45, 7) is 5.34. The minimum Gasteiger partial charge on any atom is -0.353 e. The first kappa shape index (κ1) is 15.6. The van der Waals surface area contributed by atoms with Crippen molar-refractivity contribution in [2.24, 2.45) is 0 Å². The Morgan fingerprint density at radius 3 is 2.45 bits per heavy atom. The molecule has 1 aromatic rings. The summed E-state index contributed by atoms with van der Waals surface area (Å²) in [7, 11) is 0. The fourth-order valence-electron chi connectivity index (χ4n) is 2.53. The van der Waals surface area contributed by atoms with E-state index in [1.54, 1.807) is 18.2 Å². The number of hydrogen-bond acceptors (Lipinski definition) is 2. The van der Waals surface area contributed by atoms with Crippen molar-refractivity contribution in [2.75, 3.05) is 19.6 Å². The second-order valence-corrected chi connectivity index (χ2v) is 5.97. The Balaban J connectivity index is 1.87. The molecule has 3 nitrogen and oxygen atoms in total. The first-order valence-corrected chi connectivity index (χ1v) is 7.80. The number of carbonyl (C=O) groups is 1. The highest BCUT2D eigenvalue weighted by molar-refractivity contribution is 6.36. The van der Waals surface area contributed by atoms with Gasteiger partial charge in [0, 0.05) is 29.2 Å². The number of halogens is 2. The quantitative estimate of drug-likeness (QED) is 0.926. The molecule has 110 valence electrons. The zero-order valence-electron chi connectivity index (χ0n) is 11.7. The van der Waals surface area contributed by atoms with Crippen molar-refractivity contribution < 1.29 is 4.79 Å². The summed E-state index contributed by atoms with van der Waals surface area (Å²) in [5.74, 6) is -0.00468. The number of nitrogens with zero attached hydrogens (tertiary/aromatic N) is 1. The minimum absolute atomic E-state index is 0.00468. The van der Waals surface area contributed by atoms with Gasteiger partial charge in [-0.15, -0.1) is 0 Å². The molecule has 1 aromatic carbocycles. The summed E-state index contributed by atoms with van der Waals surface area (Å²) in [5, 5.41) is 4.18. The largest absolute Gasteiger partial charge is 0.353 e. The summed E-state index contributed by atoms with van der Waals surface area (Å²) in [6.07, 6.45) is 2.26. The van der Waals surface area contributed by atoms with Crippen LogP contribution in [0.1, 0.15) is 25.3 Å². The molecule has 5 heteroatoms. The molecule has 1 aliphatic rings. The average Bonchev–Trinajstić information content (AvgIpc) is 2.44. The summed E-state index contributed by atoms with van der Waals surface area (Å²) >= 11 is 12.2. The van der Waals surface area contributed by atoms with Gasteiger partial charge in [-0.05, 0) is 37.1 Å². The van der Waals surface area contributed by atoms with E-state index in [9.17, 15) is 4.79 Å².